The molecule has 0 fully saturated rings. The minimum atomic E-state index is -0.345. The molecule has 121 heavy (non-hydrogen) atoms. The van der Waals surface area contributed by atoms with E-state index in [2.05, 4.69) is 110 Å². The van der Waals surface area contributed by atoms with Crippen molar-refractivity contribution in [2.75, 3.05) is 304 Å². The molecule has 0 radical (unpaired) electrons. The molecule has 0 bridgehead atoms. The Morgan fingerprint density at radius 3 is 0.686 bits per heavy atom. The van der Waals surface area contributed by atoms with Gasteiger partial charge in [0.05, 0.1) is 63.7 Å². The van der Waals surface area contributed by atoms with Gasteiger partial charge in [0, 0.05) is 168 Å². The molecular weight excluding hydrogens is 1860 g/mol. The van der Waals surface area contributed by atoms with Crippen LogP contribution in [-0.4, -0.2) is 319 Å². The van der Waals surface area contributed by atoms with Crippen molar-refractivity contribution in [1.29, 1.82) is 0 Å². The Morgan fingerprint density at radius 1 is 0.256 bits per heavy atom. The Hall–Kier alpha value is 2.60. The van der Waals surface area contributed by atoms with Crippen molar-refractivity contribution in [3.63, 3.8) is 0 Å². The highest BCUT2D eigenvalue weighted by Crippen LogP contribution is 2.35. The Labute approximate surface area is 810 Å². The second-order valence-corrected chi connectivity index (χ2v) is 44.0. The van der Waals surface area contributed by atoms with E-state index in [0.717, 1.165) is 330 Å². The molecule has 23 nitrogen and oxygen atoms in total. The summed E-state index contributed by atoms with van der Waals surface area (Å²) in [5.41, 5.74) is 32.3. The molecular formula is C81H165N15O8S17. The van der Waals surface area contributed by atoms with Gasteiger partial charge in [-0.05, 0) is 260 Å². The van der Waals surface area contributed by atoms with Crippen LogP contribution in [-0.2, 0) is 37.9 Å². The number of nitrogens with one attached hydrogen (secondary N) is 6. The third-order valence-electron chi connectivity index (χ3n) is 15.2. The summed E-state index contributed by atoms with van der Waals surface area (Å²) in [5.74, 6) is 14.0. The van der Waals surface area contributed by atoms with E-state index < -0.39 is 0 Å². The van der Waals surface area contributed by atoms with E-state index in [9.17, 15) is 0 Å². The third-order valence-corrected chi connectivity index (χ3v) is 31.1. The highest BCUT2D eigenvalue weighted by Gasteiger charge is 2.34. The zero-order valence-electron chi connectivity index (χ0n) is 73.5. The molecule has 40 heteroatoms. The number of thiol groups is 5. The summed E-state index contributed by atoms with van der Waals surface area (Å²) in [6.07, 6.45) is 19.4. The van der Waals surface area contributed by atoms with Gasteiger partial charge < -0.3 is 104 Å². The first-order valence-electron chi connectivity index (χ1n) is 43.2. The van der Waals surface area contributed by atoms with E-state index in [0.29, 0.717) is 79.3 Å². The number of pyridine rings is 3. The summed E-state index contributed by atoms with van der Waals surface area (Å²) in [6.45, 7) is 30.9. The Bertz CT molecular complexity index is 2140. The van der Waals surface area contributed by atoms with Crippen molar-refractivity contribution in [2.45, 2.75) is 119 Å². The van der Waals surface area contributed by atoms with E-state index in [1.165, 1.54) is 0 Å². The molecule has 3 aromatic heterocycles. The van der Waals surface area contributed by atoms with Crippen LogP contribution in [0.3, 0.4) is 0 Å². The van der Waals surface area contributed by atoms with Crippen LogP contribution < -0.4 is 66.3 Å². The Kier molecular flexibility index (Phi) is 119. The molecule has 0 aliphatic heterocycles. The topological polar surface area (TPSA) is 341 Å². The summed E-state index contributed by atoms with van der Waals surface area (Å²) >= 11 is 20.9. The van der Waals surface area contributed by atoms with Crippen LogP contribution in [0.25, 0.3) is 0 Å². The van der Waals surface area contributed by atoms with Crippen LogP contribution in [0, 0.1) is 10.8 Å². The van der Waals surface area contributed by atoms with Crippen molar-refractivity contribution >= 4 is 193 Å². The SMILES string of the molecule is CC.NCCCNCCS.NCCCNCCSSCCCOCC(COCCCSSCCNCCCN)(COCCCSSCCNCCCN)COCCCSSCCNCCCN.NCCCNCCSSc1ccccn1.SCCCOCC(COCCCS)(COCCCS)COCCCS.c1ccc(SSc2ccccn2)nc1. The first kappa shape index (κ1) is 128. The fourth-order valence-corrected chi connectivity index (χ4v) is 21.3. The Balaban J connectivity index is -0.00000174. The van der Waals surface area contributed by atoms with Crippen molar-refractivity contribution < 1.29 is 37.9 Å². The van der Waals surface area contributed by atoms with Gasteiger partial charge in [-0.25, -0.2) is 15.0 Å². The van der Waals surface area contributed by atoms with Crippen LogP contribution in [0.4, 0.5) is 0 Å². The van der Waals surface area contributed by atoms with Crippen molar-refractivity contribution in [1.82, 2.24) is 46.9 Å². The quantitative estimate of drug-likeness (QED) is 0.0142. The fourth-order valence-electron chi connectivity index (χ4n) is 8.96. The van der Waals surface area contributed by atoms with Gasteiger partial charge in [0.2, 0.25) is 0 Å². The summed E-state index contributed by atoms with van der Waals surface area (Å²) in [5, 5.41) is 23.4. The Morgan fingerprint density at radius 2 is 0.471 bits per heavy atom. The number of rotatable bonds is 88. The van der Waals surface area contributed by atoms with E-state index in [4.69, 9.17) is 72.3 Å². The highest BCUT2D eigenvalue weighted by molar-refractivity contribution is 8.78. The summed E-state index contributed by atoms with van der Waals surface area (Å²) in [7, 11) is 22.2. The number of aromatic nitrogens is 3. The maximum Gasteiger partial charge on any atom is 0.107 e. The minimum absolute atomic E-state index is 0.291. The summed E-state index contributed by atoms with van der Waals surface area (Å²) in [4.78, 5) is 12.6. The molecule has 0 amide bonds. The largest absolute Gasteiger partial charge is 0.381 e. The monoisotopic (exact) mass is 2020 g/mol. The molecule has 0 spiro atoms. The smallest absolute Gasteiger partial charge is 0.107 e. The van der Waals surface area contributed by atoms with Gasteiger partial charge in [-0.3, -0.25) is 0 Å². The predicted molar refractivity (Wildman–Crippen MR) is 571 cm³/mol. The molecule has 3 aromatic rings. The molecule has 0 atom stereocenters. The molecule has 18 N–H and O–H groups in total. The van der Waals surface area contributed by atoms with E-state index >= 15 is 0 Å². The van der Waals surface area contributed by atoms with E-state index in [1.54, 1.807) is 44.8 Å². The van der Waals surface area contributed by atoms with Crippen molar-refractivity contribution in [3.05, 3.63) is 73.2 Å². The number of nitrogens with zero attached hydrogens (tertiary/aromatic N) is 3. The van der Waals surface area contributed by atoms with Gasteiger partial charge in [-0.2, -0.15) is 63.1 Å². The minimum Gasteiger partial charge on any atom is -0.381 e. The lowest BCUT2D eigenvalue weighted by Gasteiger charge is -2.33. The van der Waals surface area contributed by atoms with Gasteiger partial charge in [-0.1, -0.05) is 129 Å². The maximum absolute atomic E-state index is 6.40. The summed E-state index contributed by atoms with van der Waals surface area (Å²) < 4.78 is 49.1. The second kappa shape index (κ2) is 113. The predicted octanol–water partition coefficient (Wildman–Crippen LogP) is 14.1. The average Bonchev–Trinajstić information content (AvgIpc) is 0.874. The molecule has 0 aromatic carbocycles. The standard InChI is InChI=1S/C37H84N8O4S8.C17H36O4S4.C10H17N3S2.C10H8N2S2.C5H14N2S.C2H6/c38-9-1-13-42-17-29-54-50-25-5-21-46-33-37(34-47-22-6-26-51-55-30-18-43-14-2-10-39,35-48-23-7-27-52-56-31-19-44-15-3-11-40)36-49-24-8-28-53-57-32-20-45-16-4-12-41;22-9-1-5-18-13-17(14-19-6-2-10-23,15-20-7-3-11-24)16-21-8-4-12-25;11-5-3-6-12-8-9-14-15-10-4-1-2-7-13-10;1-3-7-11-9(5-1)13-14-10-6-2-4-8-12-10;6-2-1-3-7-4-5-8;1-2/h42-45H,1-36,38-41H2;22-25H,1-16H2;1-2,4,7,12H,3,5-6,8-9,11H2;1-8H;7-8H,1-6H2;1-2H3. The van der Waals surface area contributed by atoms with Crippen molar-refractivity contribution in [3.8, 4) is 0 Å². The molecule has 714 valence electrons. The zero-order valence-corrected chi connectivity index (χ0v) is 87.7. The number of hydrogen-bond donors (Lipinski definition) is 17. The van der Waals surface area contributed by atoms with Crippen molar-refractivity contribution in [2.24, 2.45) is 45.2 Å². The van der Waals surface area contributed by atoms with Gasteiger partial charge in [0.25, 0.3) is 0 Å². The van der Waals surface area contributed by atoms with Crippen LogP contribution in [0.1, 0.15) is 104 Å². The normalized spacial score (nSPS) is 11.3. The fraction of sp³-hybridized carbons (Fsp3) is 0.815. The lowest BCUT2D eigenvalue weighted by molar-refractivity contribution is -0.106. The molecule has 3 rings (SSSR count). The average molecular weight is 2020 g/mol. The third kappa shape index (κ3) is 99.9. The zero-order chi connectivity index (χ0) is 88.6. The van der Waals surface area contributed by atoms with Gasteiger partial charge >= 0.3 is 0 Å². The van der Waals surface area contributed by atoms with Crippen LogP contribution in [0.15, 0.2) is 88.3 Å². The number of ether oxygens (including phenoxy) is 8. The lowest BCUT2D eigenvalue weighted by Crippen LogP contribution is -2.42. The van der Waals surface area contributed by atoms with Gasteiger partial charge in [0.1, 0.15) is 15.1 Å². The van der Waals surface area contributed by atoms with Gasteiger partial charge in [0.15, 0.2) is 0 Å². The molecule has 0 unspecified atom stereocenters. The number of hydrogen-bond acceptors (Lipinski definition) is 40. The number of nitrogens with two attached hydrogens (primary N) is 6. The molecule has 0 saturated carbocycles. The van der Waals surface area contributed by atoms with Gasteiger partial charge in [-0.15, -0.1) is 0 Å². The lowest BCUT2D eigenvalue weighted by atomic mass is 9.92. The van der Waals surface area contributed by atoms with E-state index in [-0.39, 0.29) is 10.8 Å². The van der Waals surface area contributed by atoms with Crippen LogP contribution in [0.5, 0.6) is 0 Å². The van der Waals surface area contributed by atoms with E-state index in [1.807, 2.05) is 172 Å². The molecule has 0 aliphatic carbocycles. The second-order valence-electron chi connectivity index (χ2n) is 26.4. The first-order valence-corrected chi connectivity index (χ1v) is 60.8. The first-order chi connectivity index (χ1) is 59.8. The molecule has 3 heterocycles. The maximum atomic E-state index is 6.40. The highest BCUT2D eigenvalue weighted by atomic mass is 33.1. The van der Waals surface area contributed by atoms with Crippen LogP contribution in [0.2, 0.25) is 0 Å². The summed E-state index contributed by atoms with van der Waals surface area (Å²) in [6, 6.07) is 17.7. The van der Waals surface area contributed by atoms with Crippen LogP contribution >= 0.6 is 193 Å². The molecule has 0 saturated heterocycles. The molecule has 0 aliphatic rings.